The lowest BCUT2D eigenvalue weighted by Crippen LogP contribution is -2.00. The van der Waals surface area contributed by atoms with Crippen LogP contribution < -0.4 is 10.1 Å². The van der Waals surface area contributed by atoms with Crippen LogP contribution in [0.3, 0.4) is 0 Å². The Morgan fingerprint density at radius 2 is 1.89 bits per heavy atom. The summed E-state index contributed by atoms with van der Waals surface area (Å²) in [7, 11) is 1.62. The number of ether oxygens (including phenoxy) is 1. The summed E-state index contributed by atoms with van der Waals surface area (Å²) >= 11 is 5.98. The van der Waals surface area contributed by atoms with Gasteiger partial charge in [-0.1, -0.05) is 11.6 Å². The lowest BCUT2D eigenvalue weighted by Gasteiger charge is -2.09. The van der Waals surface area contributed by atoms with Gasteiger partial charge in [-0.15, -0.1) is 0 Å². The van der Waals surface area contributed by atoms with Gasteiger partial charge in [-0.05, 0) is 48.0 Å². The molecule has 0 aliphatic rings. The molecule has 2 aromatic rings. The van der Waals surface area contributed by atoms with Crippen molar-refractivity contribution in [1.82, 2.24) is 0 Å². The van der Waals surface area contributed by atoms with E-state index in [9.17, 15) is 4.39 Å². The van der Waals surface area contributed by atoms with Gasteiger partial charge < -0.3 is 10.1 Å². The summed E-state index contributed by atoms with van der Waals surface area (Å²) in [6.07, 6.45) is 0. The maximum atomic E-state index is 13.1. The molecule has 2 nitrogen and oxygen atoms in total. The maximum absolute atomic E-state index is 13.1. The van der Waals surface area contributed by atoms with Crippen LogP contribution in [0.2, 0.25) is 5.02 Å². The van der Waals surface area contributed by atoms with Gasteiger partial charge in [0.1, 0.15) is 11.6 Å². The summed E-state index contributed by atoms with van der Waals surface area (Å²) in [5.41, 5.74) is 1.66. The first-order valence-electron chi connectivity index (χ1n) is 5.51. The molecule has 0 spiro atoms. The van der Waals surface area contributed by atoms with E-state index in [1.165, 1.54) is 12.1 Å². The third kappa shape index (κ3) is 3.14. The van der Waals surface area contributed by atoms with Crippen molar-refractivity contribution >= 4 is 17.3 Å². The Balaban J connectivity index is 2.04. The standard InChI is InChI=1S/C14H13ClFNO/c1-18-13-5-3-12(4-6-13)17-9-10-8-11(16)2-7-14(10)15/h2-8,17H,9H2,1H3. The van der Waals surface area contributed by atoms with Gasteiger partial charge in [0, 0.05) is 17.3 Å². The summed E-state index contributed by atoms with van der Waals surface area (Å²) in [5.74, 6) is 0.510. The molecule has 18 heavy (non-hydrogen) atoms. The molecule has 94 valence electrons. The second-order valence-corrected chi connectivity index (χ2v) is 4.22. The fraction of sp³-hybridized carbons (Fsp3) is 0.143. The highest BCUT2D eigenvalue weighted by Crippen LogP contribution is 2.20. The Labute approximate surface area is 110 Å². The lowest BCUT2D eigenvalue weighted by molar-refractivity contribution is 0.415. The molecule has 0 amide bonds. The number of benzene rings is 2. The number of halogens is 2. The monoisotopic (exact) mass is 265 g/mol. The number of anilines is 1. The minimum atomic E-state index is -0.286. The molecule has 0 aliphatic carbocycles. The van der Waals surface area contributed by atoms with Crippen LogP contribution in [0.4, 0.5) is 10.1 Å². The third-order valence-electron chi connectivity index (χ3n) is 2.58. The number of rotatable bonds is 4. The van der Waals surface area contributed by atoms with E-state index in [1.54, 1.807) is 13.2 Å². The van der Waals surface area contributed by atoms with Gasteiger partial charge in [-0.25, -0.2) is 4.39 Å². The highest BCUT2D eigenvalue weighted by atomic mass is 35.5. The van der Waals surface area contributed by atoms with Crippen LogP contribution in [-0.4, -0.2) is 7.11 Å². The number of hydrogen-bond donors (Lipinski definition) is 1. The third-order valence-corrected chi connectivity index (χ3v) is 2.95. The molecule has 0 radical (unpaired) electrons. The zero-order valence-electron chi connectivity index (χ0n) is 9.91. The second-order valence-electron chi connectivity index (χ2n) is 3.82. The molecule has 0 aromatic heterocycles. The van der Waals surface area contributed by atoms with Crippen LogP contribution >= 0.6 is 11.6 Å². The molecule has 0 heterocycles. The largest absolute Gasteiger partial charge is 0.497 e. The number of nitrogens with one attached hydrogen (secondary N) is 1. The Morgan fingerprint density at radius 3 is 2.56 bits per heavy atom. The first-order valence-corrected chi connectivity index (χ1v) is 5.88. The number of methoxy groups -OCH3 is 1. The second kappa shape index (κ2) is 5.74. The fourth-order valence-corrected chi connectivity index (χ4v) is 1.77. The molecule has 0 fully saturated rings. The average molecular weight is 266 g/mol. The summed E-state index contributed by atoms with van der Waals surface area (Å²) < 4.78 is 18.1. The predicted octanol–water partition coefficient (Wildman–Crippen LogP) is 4.10. The zero-order valence-corrected chi connectivity index (χ0v) is 10.7. The van der Waals surface area contributed by atoms with Crippen molar-refractivity contribution in [2.24, 2.45) is 0 Å². The smallest absolute Gasteiger partial charge is 0.123 e. The van der Waals surface area contributed by atoms with E-state index in [4.69, 9.17) is 16.3 Å². The molecular weight excluding hydrogens is 253 g/mol. The molecule has 1 N–H and O–H groups in total. The minimum absolute atomic E-state index is 0.286. The fourth-order valence-electron chi connectivity index (χ4n) is 1.58. The Morgan fingerprint density at radius 1 is 1.17 bits per heavy atom. The van der Waals surface area contributed by atoms with Crippen molar-refractivity contribution in [3.8, 4) is 5.75 Å². The topological polar surface area (TPSA) is 21.3 Å². The van der Waals surface area contributed by atoms with E-state index in [0.29, 0.717) is 11.6 Å². The first-order chi connectivity index (χ1) is 8.69. The highest BCUT2D eigenvalue weighted by molar-refractivity contribution is 6.31. The van der Waals surface area contributed by atoms with Crippen molar-refractivity contribution in [2.45, 2.75) is 6.54 Å². The van der Waals surface area contributed by atoms with Crippen LogP contribution in [0.1, 0.15) is 5.56 Å². The molecule has 2 aromatic carbocycles. The predicted molar refractivity (Wildman–Crippen MR) is 71.7 cm³/mol. The van der Waals surface area contributed by atoms with Gasteiger partial charge in [-0.3, -0.25) is 0 Å². The molecule has 0 saturated heterocycles. The summed E-state index contributed by atoms with van der Waals surface area (Å²) in [5, 5.41) is 3.73. The van der Waals surface area contributed by atoms with Gasteiger partial charge in [0.05, 0.1) is 7.11 Å². The van der Waals surface area contributed by atoms with Gasteiger partial charge in [0.25, 0.3) is 0 Å². The summed E-state index contributed by atoms with van der Waals surface area (Å²) in [6, 6.07) is 11.8. The maximum Gasteiger partial charge on any atom is 0.123 e. The molecule has 0 bridgehead atoms. The first kappa shape index (κ1) is 12.7. The van der Waals surface area contributed by atoms with E-state index in [-0.39, 0.29) is 5.82 Å². The normalized spacial score (nSPS) is 10.2. The van der Waals surface area contributed by atoms with Gasteiger partial charge in [-0.2, -0.15) is 0 Å². The summed E-state index contributed by atoms with van der Waals surface area (Å²) in [6.45, 7) is 0.475. The van der Waals surface area contributed by atoms with Crippen molar-refractivity contribution in [3.63, 3.8) is 0 Å². The van der Waals surface area contributed by atoms with E-state index in [0.717, 1.165) is 17.0 Å². The van der Waals surface area contributed by atoms with Gasteiger partial charge in [0.15, 0.2) is 0 Å². The van der Waals surface area contributed by atoms with Crippen LogP contribution in [0, 0.1) is 5.82 Å². The quantitative estimate of drug-likeness (QED) is 0.899. The van der Waals surface area contributed by atoms with Crippen LogP contribution in [0.25, 0.3) is 0 Å². The Hall–Kier alpha value is -1.74. The Kier molecular flexibility index (Phi) is 4.05. The van der Waals surface area contributed by atoms with Crippen molar-refractivity contribution in [1.29, 1.82) is 0 Å². The SMILES string of the molecule is COc1ccc(NCc2cc(F)ccc2Cl)cc1. The number of hydrogen-bond acceptors (Lipinski definition) is 2. The van der Waals surface area contributed by atoms with Crippen molar-refractivity contribution in [2.75, 3.05) is 12.4 Å². The van der Waals surface area contributed by atoms with Gasteiger partial charge in [0.2, 0.25) is 0 Å². The lowest BCUT2D eigenvalue weighted by atomic mass is 10.2. The van der Waals surface area contributed by atoms with E-state index in [2.05, 4.69) is 5.32 Å². The van der Waals surface area contributed by atoms with Crippen molar-refractivity contribution in [3.05, 3.63) is 58.9 Å². The average Bonchev–Trinajstić information content (AvgIpc) is 2.40. The van der Waals surface area contributed by atoms with Crippen molar-refractivity contribution < 1.29 is 9.13 Å². The van der Waals surface area contributed by atoms with E-state index >= 15 is 0 Å². The molecule has 0 saturated carbocycles. The molecule has 0 aliphatic heterocycles. The zero-order chi connectivity index (χ0) is 13.0. The molecule has 4 heteroatoms. The molecule has 2 rings (SSSR count). The van der Waals surface area contributed by atoms with Crippen LogP contribution in [0.5, 0.6) is 5.75 Å². The molecule has 0 unspecified atom stereocenters. The summed E-state index contributed by atoms with van der Waals surface area (Å²) in [4.78, 5) is 0. The molecular formula is C14H13ClFNO. The van der Waals surface area contributed by atoms with Crippen LogP contribution in [0.15, 0.2) is 42.5 Å². The minimum Gasteiger partial charge on any atom is -0.497 e. The highest BCUT2D eigenvalue weighted by Gasteiger charge is 2.02. The molecule has 0 atom stereocenters. The van der Waals surface area contributed by atoms with Gasteiger partial charge >= 0.3 is 0 Å². The van der Waals surface area contributed by atoms with Crippen LogP contribution in [-0.2, 0) is 6.54 Å². The van der Waals surface area contributed by atoms with E-state index in [1.807, 2.05) is 24.3 Å². The van der Waals surface area contributed by atoms with E-state index < -0.39 is 0 Å². The Bertz CT molecular complexity index is 528.